The zero-order chi connectivity index (χ0) is 14.8. The van der Waals surface area contributed by atoms with Crippen molar-refractivity contribution in [2.24, 2.45) is 0 Å². The summed E-state index contributed by atoms with van der Waals surface area (Å²) >= 11 is 0. The number of ether oxygens (including phenoxy) is 1. The smallest absolute Gasteiger partial charge is 0.258 e. The van der Waals surface area contributed by atoms with E-state index >= 15 is 0 Å². The highest BCUT2D eigenvalue weighted by molar-refractivity contribution is 5.72. The molecule has 0 saturated carbocycles. The molecule has 106 valence electrons. The molecule has 21 heavy (non-hydrogen) atoms. The van der Waals surface area contributed by atoms with Crippen LogP contribution in [0, 0.1) is 6.92 Å². The van der Waals surface area contributed by atoms with Gasteiger partial charge >= 0.3 is 0 Å². The number of hydrogen-bond donors (Lipinski definition) is 1. The second-order valence-corrected chi connectivity index (χ2v) is 4.69. The molecule has 0 amide bonds. The highest BCUT2D eigenvalue weighted by Crippen LogP contribution is 2.28. The molecule has 5 nitrogen and oxygen atoms in total. The molecule has 3 rings (SSSR count). The van der Waals surface area contributed by atoms with Gasteiger partial charge in [0.2, 0.25) is 5.82 Å². The fourth-order valence-electron chi connectivity index (χ4n) is 2.10. The van der Waals surface area contributed by atoms with Gasteiger partial charge in [0.1, 0.15) is 5.75 Å². The Morgan fingerprint density at radius 2 is 1.95 bits per heavy atom. The van der Waals surface area contributed by atoms with Crippen LogP contribution in [0.3, 0.4) is 0 Å². The molecule has 0 radical (unpaired) electrons. The van der Waals surface area contributed by atoms with Crippen LogP contribution >= 0.6 is 0 Å². The van der Waals surface area contributed by atoms with Crippen LogP contribution in [0.2, 0.25) is 0 Å². The van der Waals surface area contributed by atoms with Gasteiger partial charge < -0.3 is 15.0 Å². The SMILES string of the molecule is COc1cc(-c2nc(-c3ccccc3N)no2)ccc1C. The average molecular weight is 281 g/mol. The average Bonchev–Trinajstić information content (AvgIpc) is 2.98. The predicted octanol–water partition coefficient (Wildman–Crippen LogP) is 3.30. The molecule has 2 aromatic carbocycles. The van der Waals surface area contributed by atoms with Crippen LogP contribution in [-0.4, -0.2) is 17.3 Å². The van der Waals surface area contributed by atoms with Crippen LogP contribution in [-0.2, 0) is 0 Å². The topological polar surface area (TPSA) is 74.2 Å². The maximum atomic E-state index is 5.92. The maximum absolute atomic E-state index is 5.92. The molecule has 0 unspecified atom stereocenters. The number of aryl methyl sites for hydroxylation is 1. The first-order valence-electron chi connectivity index (χ1n) is 6.52. The lowest BCUT2D eigenvalue weighted by Gasteiger charge is -2.04. The fourth-order valence-corrected chi connectivity index (χ4v) is 2.10. The van der Waals surface area contributed by atoms with Gasteiger partial charge in [0.05, 0.1) is 7.11 Å². The molecule has 3 aromatic rings. The van der Waals surface area contributed by atoms with Crippen molar-refractivity contribution >= 4 is 5.69 Å². The van der Waals surface area contributed by atoms with Gasteiger partial charge in [0.15, 0.2) is 0 Å². The third-order valence-electron chi connectivity index (χ3n) is 3.28. The molecule has 2 N–H and O–H groups in total. The fraction of sp³-hybridized carbons (Fsp3) is 0.125. The van der Waals surface area contributed by atoms with Crippen molar-refractivity contribution in [3.8, 4) is 28.6 Å². The highest BCUT2D eigenvalue weighted by atomic mass is 16.5. The maximum Gasteiger partial charge on any atom is 0.258 e. The van der Waals surface area contributed by atoms with Crippen LogP contribution in [0.15, 0.2) is 47.0 Å². The summed E-state index contributed by atoms with van der Waals surface area (Å²) in [6.07, 6.45) is 0. The zero-order valence-corrected chi connectivity index (χ0v) is 11.8. The van der Waals surface area contributed by atoms with E-state index in [1.165, 1.54) is 0 Å². The summed E-state index contributed by atoms with van der Waals surface area (Å²) in [5.41, 5.74) is 9.16. The number of nitrogens with zero attached hydrogens (tertiary/aromatic N) is 2. The van der Waals surface area contributed by atoms with E-state index in [2.05, 4.69) is 10.1 Å². The van der Waals surface area contributed by atoms with E-state index in [1.807, 2.05) is 43.3 Å². The summed E-state index contributed by atoms with van der Waals surface area (Å²) in [6.45, 7) is 1.98. The Morgan fingerprint density at radius 3 is 2.71 bits per heavy atom. The number of para-hydroxylation sites is 1. The van der Waals surface area contributed by atoms with Gasteiger partial charge in [-0.05, 0) is 36.8 Å². The third kappa shape index (κ3) is 2.45. The Bertz CT molecular complexity index is 781. The molecule has 0 aliphatic carbocycles. The van der Waals surface area contributed by atoms with Gasteiger partial charge in [-0.1, -0.05) is 23.4 Å². The van der Waals surface area contributed by atoms with Crippen molar-refractivity contribution < 1.29 is 9.26 Å². The molecule has 0 fully saturated rings. The highest BCUT2D eigenvalue weighted by Gasteiger charge is 2.13. The van der Waals surface area contributed by atoms with Crippen molar-refractivity contribution in [3.63, 3.8) is 0 Å². The van der Waals surface area contributed by atoms with Crippen LogP contribution in [0.4, 0.5) is 5.69 Å². The van der Waals surface area contributed by atoms with Gasteiger partial charge in [-0.2, -0.15) is 4.98 Å². The lowest BCUT2D eigenvalue weighted by Crippen LogP contribution is -1.90. The van der Waals surface area contributed by atoms with Crippen LogP contribution in [0.5, 0.6) is 5.75 Å². The number of methoxy groups -OCH3 is 1. The van der Waals surface area contributed by atoms with E-state index in [0.717, 1.165) is 22.4 Å². The first kappa shape index (κ1) is 13.2. The molecule has 0 bridgehead atoms. The molecule has 0 aliphatic heterocycles. The van der Waals surface area contributed by atoms with Gasteiger partial charge in [0, 0.05) is 16.8 Å². The quantitative estimate of drug-likeness (QED) is 0.745. The summed E-state index contributed by atoms with van der Waals surface area (Å²) < 4.78 is 10.6. The van der Waals surface area contributed by atoms with E-state index in [4.69, 9.17) is 15.0 Å². The number of anilines is 1. The molecule has 0 spiro atoms. The number of aromatic nitrogens is 2. The first-order valence-corrected chi connectivity index (χ1v) is 6.52. The van der Waals surface area contributed by atoms with E-state index in [1.54, 1.807) is 13.2 Å². The molecule has 5 heteroatoms. The lowest BCUT2D eigenvalue weighted by atomic mass is 10.1. The third-order valence-corrected chi connectivity index (χ3v) is 3.28. The van der Waals surface area contributed by atoms with E-state index in [0.29, 0.717) is 17.4 Å². The van der Waals surface area contributed by atoms with Crippen molar-refractivity contribution in [3.05, 3.63) is 48.0 Å². The number of nitrogens with two attached hydrogens (primary N) is 1. The summed E-state index contributed by atoms with van der Waals surface area (Å²) in [5, 5.41) is 3.99. The van der Waals surface area contributed by atoms with Crippen molar-refractivity contribution in [1.29, 1.82) is 0 Å². The molecular formula is C16H15N3O2. The number of benzene rings is 2. The molecule has 1 heterocycles. The second kappa shape index (κ2) is 5.28. The van der Waals surface area contributed by atoms with Crippen molar-refractivity contribution in [1.82, 2.24) is 10.1 Å². The minimum absolute atomic E-state index is 0.437. The van der Waals surface area contributed by atoms with Crippen LogP contribution in [0.1, 0.15) is 5.56 Å². The van der Waals surface area contributed by atoms with Crippen LogP contribution in [0.25, 0.3) is 22.8 Å². The largest absolute Gasteiger partial charge is 0.496 e. The van der Waals surface area contributed by atoms with Gasteiger partial charge in [0.25, 0.3) is 5.89 Å². The number of nitrogen functional groups attached to an aromatic ring is 1. The van der Waals surface area contributed by atoms with Crippen molar-refractivity contribution in [2.45, 2.75) is 6.92 Å². The summed E-state index contributed by atoms with van der Waals surface area (Å²) in [7, 11) is 1.63. The van der Waals surface area contributed by atoms with Crippen molar-refractivity contribution in [2.75, 3.05) is 12.8 Å². The van der Waals surface area contributed by atoms with Gasteiger partial charge in [-0.15, -0.1) is 0 Å². The van der Waals surface area contributed by atoms with E-state index in [9.17, 15) is 0 Å². The van der Waals surface area contributed by atoms with Gasteiger partial charge in [-0.25, -0.2) is 0 Å². The Hall–Kier alpha value is -2.82. The first-order chi connectivity index (χ1) is 10.2. The summed E-state index contributed by atoms with van der Waals surface area (Å²) in [5.74, 6) is 1.70. The standard InChI is InChI=1S/C16H15N3O2/c1-10-7-8-11(9-14(10)20-2)16-18-15(19-21-16)12-5-3-4-6-13(12)17/h3-9H,17H2,1-2H3. The van der Waals surface area contributed by atoms with E-state index < -0.39 is 0 Å². The normalized spacial score (nSPS) is 10.6. The predicted molar refractivity (Wildman–Crippen MR) is 80.9 cm³/mol. The van der Waals surface area contributed by atoms with Gasteiger partial charge in [-0.3, -0.25) is 0 Å². The molecule has 0 atom stereocenters. The minimum Gasteiger partial charge on any atom is -0.496 e. The monoisotopic (exact) mass is 281 g/mol. The summed E-state index contributed by atoms with van der Waals surface area (Å²) in [6, 6.07) is 13.2. The van der Waals surface area contributed by atoms with Crippen LogP contribution < -0.4 is 10.5 Å². The Morgan fingerprint density at radius 1 is 1.14 bits per heavy atom. The molecule has 1 aromatic heterocycles. The Kier molecular flexibility index (Phi) is 3.31. The molecular weight excluding hydrogens is 266 g/mol. The number of rotatable bonds is 3. The molecule has 0 saturated heterocycles. The Balaban J connectivity index is 2.01. The number of hydrogen-bond acceptors (Lipinski definition) is 5. The molecule has 0 aliphatic rings. The summed E-state index contributed by atoms with van der Waals surface area (Å²) in [4.78, 5) is 4.40. The zero-order valence-electron chi connectivity index (χ0n) is 11.8. The van der Waals surface area contributed by atoms with E-state index in [-0.39, 0.29) is 0 Å². The minimum atomic E-state index is 0.437. The second-order valence-electron chi connectivity index (χ2n) is 4.69. The Labute approximate surface area is 122 Å². The lowest BCUT2D eigenvalue weighted by molar-refractivity contribution is 0.410.